The van der Waals surface area contributed by atoms with Gasteiger partial charge in [-0.3, -0.25) is 0 Å². The lowest BCUT2D eigenvalue weighted by Gasteiger charge is -2.07. The summed E-state index contributed by atoms with van der Waals surface area (Å²) in [5.41, 5.74) is -0.601. The number of rotatable bonds is 0. The van der Waals surface area contributed by atoms with Crippen LogP contribution in [0.5, 0.6) is 0 Å². The minimum absolute atomic E-state index is 0.151. The Kier molecular flexibility index (Phi) is 2.42. The minimum atomic E-state index is -4.38. The molecule has 1 aromatic heterocycles. The van der Waals surface area contributed by atoms with Gasteiger partial charge in [0.25, 0.3) is 0 Å². The first kappa shape index (κ1) is 11.0. The van der Waals surface area contributed by atoms with Crippen molar-refractivity contribution in [2.45, 2.75) is 6.18 Å². The van der Waals surface area contributed by atoms with Crippen molar-refractivity contribution in [2.75, 3.05) is 0 Å². The summed E-state index contributed by atoms with van der Waals surface area (Å²) in [4.78, 5) is 0. The molecule has 1 heterocycles. The molecule has 0 amide bonds. The summed E-state index contributed by atoms with van der Waals surface area (Å²) in [6.07, 6.45) is -4.38. The number of nitrogens with zero attached hydrogens (tertiary/aromatic N) is 3. The Labute approximate surface area is 93.5 Å². The van der Waals surface area contributed by atoms with Gasteiger partial charge in [-0.1, -0.05) is 17.4 Å². The Balaban J connectivity index is 2.75. The van der Waals surface area contributed by atoms with Crippen molar-refractivity contribution < 1.29 is 13.2 Å². The van der Waals surface area contributed by atoms with Gasteiger partial charge in [0.15, 0.2) is 0 Å². The molecule has 0 aliphatic heterocycles. The molecule has 1 aromatic carbocycles. The molecule has 0 atom stereocenters. The molecule has 0 radical (unpaired) electrons. The average Bonchev–Trinajstić information content (AvgIpc) is 2.22. The van der Waals surface area contributed by atoms with Crippen molar-refractivity contribution >= 4 is 23.1 Å². The summed E-state index contributed by atoms with van der Waals surface area (Å²) in [5.74, 6) is 0. The zero-order valence-electron chi connectivity index (χ0n) is 8.12. The summed E-state index contributed by atoms with van der Waals surface area (Å²) in [6, 6.07) is 3.24. The average molecular weight is 245 g/mol. The van der Waals surface area contributed by atoms with Gasteiger partial charge in [0.1, 0.15) is 4.64 Å². The smallest absolute Gasteiger partial charge is 0.238 e. The molecule has 0 N–H and O–H groups in total. The van der Waals surface area contributed by atoms with E-state index < -0.39 is 11.7 Å². The monoisotopic (exact) mass is 245 g/mol. The number of fused-ring (bicyclic) bond motifs is 1. The number of aryl methyl sites for hydroxylation is 1. The molecular weight excluding hydrogens is 239 g/mol. The van der Waals surface area contributed by atoms with Crippen LogP contribution in [-0.2, 0) is 13.2 Å². The van der Waals surface area contributed by atoms with Crippen LogP contribution in [0.2, 0.25) is 0 Å². The molecule has 0 saturated carbocycles. The number of hydrogen-bond acceptors (Lipinski definition) is 3. The normalized spacial score (nSPS) is 12.0. The highest BCUT2D eigenvalue weighted by molar-refractivity contribution is 7.71. The van der Waals surface area contributed by atoms with E-state index in [9.17, 15) is 13.2 Å². The van der Waals surface area contributed by atoms with Gasteiger partial charge in [-0.05, 0) is 18.2 Å². The van der Waals surface area contributed by atoms with Crippen LogP contribution < -0.4 is 0 Å². The molecule has 2 rings (SSSR count). The quantitative estimate of drug-likeness (QED) is 0.668. The first-order chi connectivity index (χ1) is 7.39. The minimum Gasteiger partial charge on any atom is -0.238 e. The molecule has 0 saturated heterocycles. The molecule has 16 heavy (non-hydrogen) atoms. The van der Waals surface area contributed by atoms with Crippen molar-refractivity contribution in [3.8, 4) is 0 Å². The molecule has 84 valence electrons. The third-order valence-electron chi connectivity index (χ3n) is 2.14. The second-order valence-electron chi connectivity index (χ2n) is 3.25. The van der Waals surface area contributed by atoms with Crippen LogP contribution in [-0.4, -0.2) is 15.0 Å². The molecule has 0 bridgehead atoms. The Morgan fingerprint density at radius 1 is 1.31 bits per heavy atom. The van der Waals surface area contributed by atoms with E-state index >= 15 is 0 Å². The van der Waals surface area contributed by atoms with Crippen LogP contribution >= 0.6 is 12.2 Å². The Morgan fingerprint density at radius 2 is 2.00 bits per heavy atom. The first-order valence-electron chi connectivity index (χ1n) is 4.30. The highest BCUT2D eigenvalue weighted by atomic mass is 32.1. The van der Waals surface area contributed by atoms with E-state index in [4.69, 9.17) is 12.2 Å². The van der Waals surface area contributed by atoms with E-state index in [1.165, 1.54) is 10.7 Å². The maximum absolute atomic E-state index is 12.4. The Bertz CT molecular complexity index is 603. The fourth-order valence-corrected chi connectivity index (χ4v) is 1.51. The zero-order chi connectivity index (χ0) is 11.9. The van der Waals surface area contributed by atoms with Gasteiger partial charge >= 0.3 is 6.18 Å². The number of benzene rings is 1. The predicted octanol–water partition coefficient (Wildman–Crippen LogP) is 2.72. The SMILES string of the molecule is Cn1nnc2cc(C(F)(F)F)ccc2c1=S. The lowest BCUT2D eigenvalue weighted by atomic mass is 10.1. The van der Waals surface area contributed by atoms with Gasteiger partial charge < -0.3 is 0 Å². The van der Waals surface area contributed by atoms with Gasteiger partial charge in [0, 0.05) is 12.4 Å². The largest absolute Gasteiger partial charge is 0.416 e. The lowest BCUT2D eigenvalue weighted by molar-refractivity contribution is -0.137. The lowest BCUT2D eigenvalue weighted by Crippen LogP contribution is -2.06. The zero-order valence-corrected chi connectivity index (χ0v) is 8.93. The van der Waals surface area contributed by atoms with Gasteiger partial charge in [0.2, 0.25) is 0 Å². The van der Waals surface area contributed by atoms with Crippen LogP contribution in [0.1, 0.15) is 5.56 Å². The molecular formula is C9H6F3N3S. The number of alkyl halides is 3. The third kappa shape index (κ3) is 1.78. The second kappa shape index (κ2) is 3.51. The summed E-state index contributed by atoms with van der Waals surface area (Å²) in [5, 5.41) is 7.77. The topological polar surface area (TPSA) is 30.7 Å². The predicted molar refractivity (Wildman–Crippen MR) is 54.3 cm³/mol. The van der Waals surface area contributed by atoms with Crippen molar-refractivity contribution in [3.63, 3.8) is 0 Å². The molecule has 0 aliphatic rings. The van der Waals surface area contributed by atoms with E-state index in [0.29, 0.717) is 10.0 Å². The maximum Gasteiger partial charge on any atom is 0.416 e. The van der Waals surface area contributed by atoms with Gasteiger partial charge in [-0.25, -0.2) is 4.68 Å². The second-order valence-corrected chi connectivity index (χ2v) is 3.63. The highest BCUT2D eigenvalue weighted by Gasteiger charge is 2.30. The molecule has 0 unspecified atom stereocenters. The van der Waals surface area contributed by atoms with Crippen LogP contribution in [0.15, 0.2) is 18.2 Å². The van der Waals surface area contributed by atoms with Crippen molar-refractivity contribution in [2.24, 2.45) is 7.05 Å². The number of hydrogen-bond donors (Lipinski definition) is 0. The fraction of sp³-hybridized carbons (Fsp3) is 0.222. The van der Waals surface area contributed by atoms with E-state index in [1.54, 1.807) is 7.05 Å². The van der Waals surface area contributed by atoms with Crippen LogP contribution in [0.25, 0.3) is 10.9 Å². The van der Waals surface area contributed by atoms with Crippen molar-refractivity contribution in [3.05, 3.63) is 28.4 Å². The molecule has 2 aromatic rings. The molecule has 7 heteroatoms. The van der Waals surface area contributed by atoms with Gasteiger partial charge in [-0.2, -0.15) is 13.2 Å². The van der Waals surface area contributed by atoms with Crippen LogP contribution in [0.3, 0.4) is 0 Å². The molecule has 3 nitrogen and oxygen atoms in total. The summed E-state index contributed by atoms with van der Waals surface area (Å²) in [7, 11) is 1.59. The molecule has 0 aliphatic carbocycles. The Hall–Kier alpha value is -1.50. The van der Waals surface area contributed by atoms with Crippen LogP contribution in [0, 0.1) is 4.64 Å². The fourth-order valence-electron chi connectivity index (χ4n) is 1.30. The van der Waals surface area contributed by atoms with Gasteiger partial charge in [0.05, 0.1) is 11.1 Å². The Morgan fingerprint density at radius 3 is 2.62 bits per heavy atom. The number of halogens is 3. The first-order valence-corrected chi connectivity index (χ1v) is 4.71. The third-order valence-corrected chi connectivity index (χ3v) is 2.62. The van der Waals surface area contributed by atoms with Crippen molar-refractivity contribution in [1.29, 1.82) is 0 Å². The van der Waals surface area contributed by atoms with E-state index in [1.807, 2.05) is 0 Å². The standard InChI is InChI=1S/C9H6F3N3S/c1-15-8(16)6-3-2-5(9(10,11)12)4-7(6)13-14-15/h2-4H,1H3. The van der Waals surface area contributed by atoms with E-state index in [-0.39, 0.29) is 5.52 Å². The van der Waals surface area contributed by atoms with Gasteiger partial charge in [-0.15, -0.1) is 5.10 Å². The summed E-state index contributed by atoms with van der Waals surface area (Å²) >= 11 is 5.01. The highest BCUT2D eigenvalue weighted by Crippen LogP contribution is 2.30. The molecule has 0 spiro atoms. The van der Waals surface area contributed by atoms with Crippen LogP contribution in [0.4, 0.5) is 13.2 Å². The maximum atomic E-state index is 12.4. The van der Waals surface area contributed by atoms with Crippen molar-refractivity contribution in [1.82, 2.24) is 15.0 Å². The van der Waals surface area contributed by atoms with E-state index in [2.05, 4.69) is 10.3 Å². The molecule has 0 fully saturated rings. The summed E-state index contributed by atoms with van der Waals surface area (Å²) in [6.45, 7) is 0. The summed E-state index contributed by atoms with van der Waals surface area (Å²) < 4.78 is 38.9. The number of aromatic nitrogens is 3. The van der Waals surface area contributed by atoms with E-state index in [0.717, 1.165) is 12.1 Å².